The summed E-state index contributed by atoms with van der Waals surface area (Å²) in [6.45, 7) is 4.57. The molecule has 0 aromatic heterocycles. The van der Waals surface area contributed by atoms with Crippen molar-refractivity contribution in [3.63, 3.8) is 0 Å². The van der Waals surface area contributed by atoms with Crippen LogP contribution < -0.4 is 0 Å². The van der Waals surface area contributed by atoms with Crippen molar-refractivity contribution in [3.05, 3.63) is 80.7 Å². The molecule has 1 aliphatic rings. The second kappa shape index (κ2) is 7.42. The summed E-state index contributed by atoms with van der Waals surface area (Å²) in [6, 6.07) is 13.0. The van der Waals surface area contributed by atoms with Crippen molar-refractivity contribution in [3.8, 4) is 0 Å². The van der Waals surface area contributed by atoms with Crippen molar-refractivity contribution in [1.29, 1.82) is 0 Å². The van der Waals surface area contributed by atoms with Crippen molar-refractivity contribution in [1.82, 2.24) is 4.90 Å². The van der Waals surface area contributed by atoms with Gasteiger partial charge in [-0.25, -0.2) is 0 Å². The number of hydrogen-bond acceptors (Lipinski definition) is 3. The van der Waals surface area contributed by atoms with E-state index in [1.54, 1.807) is 24.3 Å². The zero-order valence-corrected chi connectivity index (χ0v) is 14.8. The zero-order valence-electron chi connectivity index (χ0n) is 14.8. The highest BCUT2D eigenvalue weighted by Crippen LogP contribution is 2.24. The fourth-order valence-corrected chi connectivity index (χ4v) is 3.27. The molecule has 2 aromatic rings. The molecule has 6 nitrogen and oxygen atoms in total. The van der Waals surface area contributed by atoms with E-state index >= 15 is 0 Å². The Kier molecular flexibility index (Phi) is 5.05. The molecule has 0 radical (unpaired) electrons. The molecule has 0 fully saturated rings. The molecule has 26 heavy (non-hydrogen) atoms. The van der Waals surface area contributed by atoms with Crippen LogP contribution in [0.4, 0.5) is 0 Å². The largest absolute Gasteiger partial charge is 0.274 e. The summed E-state index contributed by atoms with van der Waals surface area (Å²) < 4.78 is 0. The molecular weight excluding hydrogens is 328 g/mol. The lowest BCUT2D eigenvalue weighted by atomic mass is 9.96. The fourth-order valence-electron chi connectivity index (χ4n) is 3.27. The van der Waals surface area contributed by atoms with Gasteiger partial charge in [-0.05, 0) is 60.5 Å². The van der Waals surface area contributed by atoms with E-state index < -0.39 is 0 Å². The predicted molar refractivity (Wildman–Crippen MR) is 98.9 cm³/mol. The average Bonchev–Trinajstić information content (AvgIpc) is 2.88. The van der Waals surface area contributed by atoms with Crippen LogP contribution in [-0.2, 0) is 6.42 Å². The number of fused-ring (bicyclic) bond motifs is 1. The van der Waals surface area contributed by atoms with Crippen LogP contribution in [0.25, 0.3) is 10.4 Å². The van der Waals surface area contributed by atoms with E-state index in [-0.39, 0.29) is 30.8 Å². The molecule has 0 N–H and O–H groups in total. The Morgan fingerprint density at radius 3 is 2.27 bits per heavy atom. The van der Waals surface area contributed by atoms with Crippen molar-refractivity contribution < 1.29 is 9.59 Å². The van der Waals surface area contributed by atoms with Crippen LogP contribution in [0.1, 0.15) is 37.4 Å². The fraction of sp³-hybridized carbons (Fsp3) is 0.300. The quantitative estimate of drug-likeness (QED) is 0.341. The molecule has 0 aliphatic carbocycles. The molecule has 0 saturated heterocycles. The maximum Gasteiger partial charge on any atom is 0.261 e. The van der Waals surface area contributed by atoms with Gasteiger partial charge >= 0.3 is 0 Å². The average molecular weight is 348 g/mol. The van der Waals surface area contributed by atoms with E-state index in [4.69, 9.17) is 5.53 Å². The summed E-state index contributed by atoms with van der Waals surface area (Å²) in [5.41, 5.74) is 13.0. The Labute approximate surface area is 152 Å². The van der Waals surface area contributed by atoms with Gasteiger partial charge in [0.1, 0.15) is 0 Å². The van der Waals surface area contributed by atoms with Gasteiger partial charge in [0.05, 0.1) is 11.1 Å². The Morgan fingerprint density at radius 1 is 1.04 bits per heavy atom. The first kappa shape index (κ1) is 17.7. The Morgan fingerprint density at radius 2 is 1.69 bits per heavy atom. The van der Waals surface area contributed by atoms with Crippen LogP contribution in [0, 0.1) is 19.8 Å². The minimum atomic E-state index is -0.281. The molecule has 1 unspecified atom stereocenters. The standard InChI is InChI=1S/C20H20N4O2/c1-13-7-8-15(9-14(13)2)10-16(11-22-23-21)12-24-19(25)17-5-3-4-6-18(17)20(24)26/h3-9,16H,10-12H2,1-2H3. The summed E-state index contributed by atoms with van der Waals surface area (Å²) in [6.07, 6.45) is 0.632. The van der Waals surface area contributed by atoms with Gasteiger partial charge in [-0.1, -0.05) is 35.4 Å². The Hall–Kier alpha value is -3.11. The maximum atomic E-state index is 12.6. The van der Waals surface area contributed by atoms with Gasteiger partial charge in [-0.3, -0.25) is 14.5 Å². The molecule has 0 saturated carbocycles. The highest BCUT2D eigenvalue weighted by Gasteiger charge is 2.36. The summed E-state index contributed by atoms with van der Waals surface area (Å²) in [7, 11) is 0. The van der Waals surface area contributed by atoms with Crippen LogP contribution in [-0.4, -0.2) is 29.8 Å². The smallest absolute Gasteiger partial charge is 0.261 e. The Balaban J connectivity index is 1.81. The minimum Gasteiger partial charge on any atom is -0.274 e. The molecule has 2 aromatic carbocycles. The summed E-state index contributed by atoms with van der Waals surface area (Å²) in [4.78, 5) is 29.2. The van der Waals surface area contributed by atoms with Gasteiger partial charge in [-0.2, -0.15) is 0 Å². The molecule has 6 heteroatoms. The van der Waals surface area contributed by atoms with Gasteiger partial charge < -0.3 is 0 Å². The van der Waals surface area contributed by atoms with Gasteiger partial charge in [0, 0.05) is 18.0 Å². The number of rotatable bonds is 6. The van der Waals surface area contributed by atoms with Gasteiger partial charge in [-0.15, -0.1) is 0 Å². The van der Waals surface area contributed by atoms with E-state index in [0.717, 1.165) is 5.56 Å². The first-order valence-corrected chi connectivity index (χ1v) is 8.53. The van der Waals surface area contributed by atoms with Gasteiger partial charge in [0.15, 0.2) is 0 Å². The first-order chi connectivity index (χ1) is 12.5. The maximum absolute atomic E-state index is 12.6. The lowest BCUT2D eigenvalue weighted by Crippen LogP contribution is -2.36. The number of carbonyl (C=O) groups is 2. The molecule has 1 heterocycles. The minimum absolute atomic E-state index is 0.129. The normalized spacial score (nSPS) is 14.2. The Bertz CT molecular complexity index is 881. The van der Waals surface area contributed by atoms with Crippen LogP contribution in [0.3, 0.4) is 0 Å². The lowest BCUT2D eigenvalue weighted by Gasteiger charge is -2.21. The third kappa shape index (κ3) is 3.46. The monoisotopic (exact) mass is 348 g/mol. The molecule has 2 amide bonds. The highest BCUT2D eigenvalue weighted by molar-refractivity contribution is 6.21. The SMILES string of the molecule is Cc1ccc(CC(CN=[N+]=[N-])CN2C(=O)c3ccccc3C2=O)cc1C. The summed E-state index contributed by atoms with van der Waals surface area (Å²) in [5.74, 6) is -0.691. The number of imide groups is 1. The topological polar surface area (TPSA) is 86.1 Å². The van der Waals surface area contributed by atoms with E-state index in [9.17, 15) is 9.59 Å². The molecular formula is C20H20N4O2. The summed E-state index contributed by atoms with van der Waals surface area (Å²) >= 11 is 0. The molecule has 1 aliphatic heterocycles. The van der Waals surface area contributed by atoms with E-state index in [1.807, 2.05) is 13.0 Å². The number of carbonyl (C=O) groups excluding carboxylic acids is 2. The van der Waals surface area contributed by atoms with Crippen LogP contribution >= 0.6 is 0 Å². The third-order valence-corrected chi connectivity index (χ3v) is 4.82. The number of nitrogens with zero attached hydrogens (tertiary/aromatic N) is 4. The number of hydrogen-bond donors (Lipinski definition) is 0. The van der Waals surface area contributed by atoms with Crippen molar-refractivity contribution >= 4 is 11.8 Å². The van der Waals surface area contributed by atoms with E-state index in [1.165, 1.54) is 16.0 Å². The van der Waals surface area contributed by atoms with Gasteiger partial charge in [0.2, 0.25) is 0 Å². The predicted octanol–water partition coefficient (Wildman–Crippen LogP) is 4.07. The molecule has 3 rings (SSSR count). The molecule has 132 valence electrons. The highest BCUT2D eigenvalue weighted by atomic mass is 16.2. The first-order valence-electron chi connectivity index (χ1n) is 8.53. The van der Waals surface area contributed by atoms with E-state index in [0.29, 0.717) is 17.5 Å². The molecule has 0 bridgehead atoms. The van der Waals surface area contributed by atoms with Crippen molar-refractivity contribution in [2.24, 2.45) is 11.0 Å². The third-order valence-electron chi connectivity index (χ3n) is 4.82. The van der Waals surface area contributed by atoms with Crippen LogP contribution in [0.2, 0.25) is 0 Å². The number of benzene rings is 2. The molecule has 1 atom stereocenters. The van der Waals surface area contributed by atoms with Crippen molar-refractivity contribution in [2.75, 3.05) is 13.1 Å². The van der Waals surface area contributed by atoms with Crippen LogP contribution in [0.5, 0.6) is 0 Å². The number of aryl methyl sites for hydroxylation is 2. The van der Waals surface area contributed by atoms with Gasteiger partial charge in [0.25, 0.3) is 11.8 Å². The summed E-state index contributed by atoms with van der Waals surface area (Å²) in [5, 5.41) is 3.68. The molecule has 0 spiro atoms. The lowest BCUT2D eigenvalue weighted by molar-refractivity contribution is 0.0630. The number of azide groups is 1. The zero-order chi connectivity index (χ0) is 18.7. The number of amides is 2. The second-order valence-corrected chi connectivity index (χ2v) is 6.67. The van der Waals surface area contributed by atoms with Crippen LogP contribution in [0.15, 0.2) is 47.6 Å². The van der Waals surface area contributed by atoms with E-state index in [2.05, 4.69) is 29.1 Å². The van der Waals surface area contributed by atoms with Crippen molar-refractivity contribution in [2.45, 2.75) is 20.3 Å². The second-order valence-electron chi connectivity index (χ2n) is 6.67.